The Morgan fingerprint density at radius 3 is 2.20 bits per heavy atom. The first kappa shape index (κ1) is 17.7. The second-order valence-electron chi connectivity index (χ2n) is 5.22. The van der Waals surface area contributed by atoms with Crippen LogP contribution < -0.4 is 0 Å². The van der Waals surface area contributed by atoms with Crippen LogP contribution in [0.4, 0.5) is 0 Å². The fourth-order valence-corrected chi connectivity index (χ4v) is 2.78. The van der Waals surface area contributed by atoms with Gasteiger partial charge in [0, 0.05) is 6.20 Å². The van der Waals surface area contributed by atoms with Crippen LogP contribution in [0.3, 0.4) is 0 Å². The van der Waals surface area contributed by atoms with Gasteiger partial charge in [-0.15, -0.1) is 0 Å². The molecule has 0 aliphatic rings. The molecular weight excluding hydrogens is 381 g/mol. The van der Waals surface area contributed by atoms with E-state index in [1.54, 1.807) is 0 Å². The Bertz CT molecular complexity index is 897. The van der Waals surface area contributed by atoms with Crippen LogP contribution in [0.25, 0.3) is 11.1 Å². The number of hydrogen-bond acceptors (Lipinski definition) is 3. The lowest BCUT2D eigenvalue weighted by Gasteiger charge is -2.08. The molecule has 3 rings (SSSR count). The predicted octanol–water partition coefficient (Wildman–Crippen LogP) is 6.07. The molecule has 3 aromatic rings. The summed E-state index contributed by atoms with van der Waals surface area (Å²) < 4.78 is 5.25. The van der Waals surface area contributed by atoms with Gasteiger partial charge in [0.05, 0.1) is 15.1 Å². The van der Waals surface area contributed by atoms with Crippen molar-refractivity contribution in [3.05, 3.63) is 87.1 Å². The number of rotatable bonds is 4. The molecule has 126 valence electrons. The van der Waals surface area contributed by atoms with E-state index < -0.39 is 5.97 Å². The molecular formula is C19H12Cl3NO2. The lowest BCUT2D eigenvalue weighted by Crippen LogP contribution is -2.08. The molecule has 3 nitrogen and oxygen atoms in total. The van der Waals surface area contributed by atoms with Crippen LogP contribution in [-0.4, -0.2) is 11.0 Å². The number of nitrogens with zero attached hydrogens (tertiary/aromatic N) is 1. The topological polar surface area (TPSA) is 39.2 Å². The number of carbonyl (C=O) groups is 1. The average Bonchev–Trinajstić information content (AvgIpc) is 2.65. The van der Waals surface area contributed by atoms with Gasteiger partial charge in [0.2, 0.25) is 0 Å². The van der Waals surface area contributed by atoms with E-state index in [-0.39, 0.29) is 27.4 Å². The monoisotopic (exact) mass is 391 g/mol. The van der Waals surface area contributed by atoms with Gasteiger partial charge in [0.25, 0.3) is 0 Å². The van der Waals surface area contributed by atoms with Gasteiger partial charge < -0.3 is 4.74 Å². The van der Waals surface area contributed by atoms with Crippen molar-refractivity contribution in [3.8, 4) is 11.1 Å². The molecule has 0 spiro atoms. The highest BCUT2D eigenvalue weighted by molar-refractivity contribution is 6.48. The van der Waals surface area contributed by atoms with Crippen LogP contribution in [0.15, 0.2) is 60.8 Å². The molecule has 1 heterocycles. The Morgan fingerprint density at radius 2 is 1.52 bits per heavy atom. The van der Waals surface area contributed by atoms with Gasteiger partial charge in [-0.05, 0) is 16.7 Å². The third kappa shape index (κ3) is 4.13. The third-order valence-electron chi connectivity index (χ3n) is 3.54. The van der Waals surface area contributed by atoms with Gasteiger partial charge >= 0.3 is 5.97 Å². The van der Waals surface area contributed by atoms with Crippen molar-refractivity contribution in [2.75, 3.05) is 0 Å². The van der Waals surface area contributed by atoms with Gasteiger partial charge in [-0.25, -0.2) is 9.78 Å². The largest absolute Gasteiger partial charge is 0.456 e. The van der Waals surface area contributed by atoms with E-state index in [4.69, 9.17) is 39.5 Å². The summed E-state index contributed by atoms with van der Waals surface area (Å²) in [5.74, 6) is -0.657. The molecule has 0 fully saturated rings. The molecule has 0 saturated carbocycles. The van der Waals surface area contributed by atoms with Gasteiger partial charge in [0.15, 0.2) is 5.69 Å². The summed E-state index contributed by atoms with van der Waals surface area (Å²) in [6.45, 7) is 0.103. The number of hydrogen-bond donors (Lipinski definition) is 0. The first-order valence-electron chi connectivity index (χ1n) is 7.37. The SMILES string of the molecule is O=C(OCc1ccc(-c2ccccc2)cc1)c1ncc(Cl)c(Cl)c1Cl. The van der Waals surface area contributed by atoms with Crippen molar-refractivity contribution in [1.82, 2.24) is 4.98 Å². The number of ether oxygens (including phenoxy) is 1. The fraction of sp³-hybridized carbons (Fsp3) is 0.0526. The quantitative estimate of drug-likeness (QED) is 0.506. The summed E-state index contributed by atoms with van der Waals surface area (Å²) in [6.07, 6.45) is 1.26. The molecule has 0 amide bonds. The molecule has 0 radical (unpaired) electrons. The minimum Gasteiger partial charge on any atom is -0.456 e. The summed E-state index contributed by atoms with van der Waals surface area (Å²) >= 11 is 17.7. The van der Waals surface area contributed by atoms with Crippen molar-refractivity contribution in [2.45, 2.75) is 6.61 Å². The average molecular weight is 393 g/mol. The zero-order valence-electron chi connectivity index (χ0n) is 12.9. The van der Waals surface area contributed by atoms with E-state index in [0.29, 0.717) is 0 Å². The van der Waals surface area contributed by atoms with Gasteiger partial charge in [-0.3, -0.25) is 0 Å². The van der Waals surface area contributed by atoms with Gasteiger partial charge in [-0.1, -0.05) is 89.4 Å². The number of benzene rings is 2. The maximum Gasteiger partial charge on any atom is 0.358 e. The number of pyridine rings is 1. The maximum absolute atomic E-state index is 12.1. The smallest absolute Gasteiger partial charge is 0.358 e. The number of carbonyl (C=O) groups excluding carboxylic acids is 1. The van der Waals surface area contributed by atoms with Crippen LogP contribution in [0.2, 0.25) is 15.1 Å². The Labute approximate surface area is 160 Å². The van der Waals surface area contributed by atoms with Crippen LogP contribution in [0, 0.1) is 0 Å². The Morgan fingerprint density at radius 1 is 0.880 bits per heavy atom. The van der Waals surface area contributed by atoms with Crippen molar-refractivity contribution in [1.29, 1.82) is 0 Å². The number of aromatic nitrogens is 1. The van der Waals surface area contributed by atoms with Crippen molar-refractivity contribution in [3.63, 3.8) is 0 Å². The van der Waals surface area contributed by atoms with E-state index in [1.807, 2.05) is 54.6 Å². The predicted molar refractivity (Wildman–Crippen MR) is 100 cm³/mol. The molecule has 0 atom stereocenters. The minimum atomic E-state index is -0.657. The molecule has 2 aromatic carbocycles. The standard InChI is InChI=1S/C19H12Cl3NO2/c20-15-10-23-18(17(22)16(15)21)19(24)25-11-12-6-8-14(9-7-12)13-4-2-1-3-5-13/h1-10H,11H2. The molecule has 0 aliphatic heterocycles. The summed E-state index contributed by atoms with van der Waals surface area (Å²) in [5.41, 5.74) is 3.00. The van der Waals surface area contributed by atoms with Crippen LogP contribution >= 0.6 is 34.8 Å². The number of halogens is 3. The van der Waals surface area contributed by atoms with Gasteiger partial charge in [0.1, 0.15) is 6.61 Å². The highest BCUT2D eigenvalue weighted by atomic mass is 35.5. The second-order valence-corrected chi connectivity index (χ2v) is 6.38. The third-order valence-corrected chi connectivity index (χ3v) is 4.78. The highest BCUT2D eigenvalue weighted by Crippen LogP contribution is 2.31. The van der Waals surface area contributed by atoms with E-state index in [0.717, 1.165) is 16.7 Å². The zero-order chi connectivity index (χ0) is 17.8. The lowest BCUT2D eigenvalue weighted by atomic mass is 10.0. The fourth-order valence-electron chi connectivity index (χ4n) is 2.23. The first-order chi connectivity index (χ1) is 12.1. The molecule has 0 bridgehead atoms. The molecule has 1 aromatic heterocycles. The lowest BCUT2D eigenvalue weighted by molar-refractivity contribution is 0.0466. The Kier molecular flexibility index (Phi) is 5.59. The molecule has 0 saturated heterocycles. The Balaban J connectivity index is 1.68. The minimum absolute atomic E-state index is 0.0152. The van der Waals surface area contributed by atoms with Crippen LogP contribution in [0.1, 0.15) is 16.1 Å². The molecule has 0 N–H and O–H groups in total. The summed E-state index contributed by atoms with van der Waals surface area (Å²) in [5, 5.41) is 0.246. The molecule has 6 heteroatoms. The molecule has 25 heavy (non-hydrogen) atoms. The number of esters is 1. The van der Waals surface area contributed by atoms with E-state index >= 15 is 0 Å². The summed E-state index contributed by atoms with van der Waals surface area (Å²) in [4.78, 5) is 16.0. The first-order valence-corrected chi connectivity index (χ1v) is 8.50. The van der Waals surface area contributed by atoms with E-state index in [9.17, 15) is 4.79 Å². The van der Waals surface area contributed by atoms with Crippen molar-refractivity contribution < 1.29 is 9.53 Å². The van der Waals surface area contributed by atoms with Gasteiger partial charge in [-0.2, -0.15) is 0 Å². The summed E-state index contributed by atoms with van der Waals surface area (Å²) in [7, 11) is 0. The van der Waals surface area contributed by atoms with E-state index in [1.165, 1.54) is 6.20 Å². The highest BCUT2D eigenvalue weighted by Gasteiger charge is 2.18. The molecule has 0 unspecified atom stereocenters. The molecule has 0 aliphatic carbocycles. The van der Waals surface area contributed by atoms with Crippen LogP contribution in [-0.2, 0) is 11.3 Å². The second kappa shape index (κ2) is 7.87. The van der Waals surface area contributed by atoms with E-state index in [2.05, 4.69) is 4.98 Å². The zero-order valence-corrected chi connectivity index (χ0v) is 15.1. The van der Waals surface area contributed by atoms with Crippen molar-refractivity contribution in [2.24, 2.45) is 0 Å². The maximum atomic E-state index is 12.1. The Hall–Kier alpha value is -2.07. The van der Waals surface area contributed by atoms with Crippen molar-refractivity contribution >= 4 is 40.8 Å². The normalized spacial score (nSPS) is 10.5. The summed E-state index contributed by atoms with van der Waals surface area (Å²) in [6, 6.07) is 17.8. The van der Waals surface area contributed by atoms with Crippen LogP contribution in [0.5, 0.6) is 0 Å².